The van der Waals surface area contributed by atoms with Crippen molar-refractivity contribution in [3.05, 3.63) is 49.0 Å². The van der Waals surface area contributed by atoms with Gasteiger partial charge in [0.15, 0.2) is 0 Å². The first-order valence-electron chi connectivity index (χ1n) is 5.16. The number of ether oxygens (including phenoxy) is 1. The first-order chi connectivity index (χ1) is 8.60. The highest BCUT2D eigenvalue weighted by Gasteiger charge is 2.15. The lowest BCUT2D eigenvalue weighted by molar-refractivity contribution is 0.218. The van der Waals surface area contributed by atoms with E-state index in [2.05, 4.69) is 15.9 Å². The molecule has 1 atom stereocenters. The Bertz CT molecular complexity index is 547. The molecule has 1 aromatic carbocycles. The van der Waals surface area contributed by atoms with E-state index in [1.807, 2.05) is 11.4 Å². The van der Waals surface area contributed by atoms with E-state index in [-0.39, 0.29) is 6.10 Å². The normalized spacial score (nSPS) is 12.4. The largest absolute Gasteiger partial charge is 0.482 e. The van der Waals surface area contributed by atoms with Crippen LogP contribution in [0.1, 0.15) is 11.0 Å². The van der Waals surface area contributed by atoms with Crippen molar-refractivity contribution in [1.82, 2.24) is 0 Å². The molecule has 18 heavy (non-hydrogen) atoms. The summed E-state index contributed by atoms with van der Waals surface area (Å²) >= 11 is 17.0. The molecule has 0 spiro atoms. The average Bonchev–Trinajstić information content (AvgIpc) is 2.77. The van der Waals surface area contributed by atoms with Crippen LogP contribution in [0.4, 0.5) is 0 Å². The number of halogens is 3. The molecule has 0 fully saturated rings. The van der Waals surface area contributed by atoms with Crippen molar-refractivity contribution in [3.63, 3.8) is 0 Å². The van der Waals surface area contributed by atoms with Gasteiger partial charge >= 0.3 is 0 Å². The van der Waals surface area contributed by atoms with Crippen molar-refractivity contribution >= 4 is 50.5 Å². The van der Waals surface area contributed by atoms with Gasteiger partial charge in [0.1, 0.15) is 11.9 Å². The third-order valence-corrected chi connectivity index (χ3v) is 4.61. The number of hydrogen-bond donors (Lipinski definition) is 1. The van der Waals surface area contributed by atoms with E-state index in [0.29, 0.717) is 22.3 Å². The molecule has 0 aliphatic heterocycles. The molecule has 2 nitrogen and oxygen atoms in total. The Morgan fingerprint density at radius 3 is 2.72 bits per heavy atom. The van der Waals surface area contributed by atoms with Crippen molar-refractivity contribution in [2.45, 2.75) is 6.10 Å². The summed E-state index contributed by atoms with van der Waals surface area (Å²) in [6.45, 7) is 0.371. The Morgan fingerprint density at radius 2 is 2.11 bits per heavy atom. The van der Waals surface area contributed by atoms with Gasteiger partial charge in [0.2, 0.25) is 0 Å². The third-order valence-electron chi connectivity index (χ3n) is 2.28. The molecule has 0 saturated heterocycles. The maximum atomic E-state index is 6.06. The van der Waals surface area contributed by atoms with E-state index in [1.54, 1.807) is 29.5 Å². The molecular formula is C12H10BrCl2NOS. The summed E-state index contributed by atoms with van der Waals surface area (Å²) in [4.78, 5) is 1.04. The van der Waals surface area contributed by atoms with Crippen molar-refractivity contribution < 1.29 is 4.74 Å². The van der Waals surface area contributed by atoms with Crippen LogP contribution in [0.15, 0.2) is 34.1 Å². The van der Waals surface area contributed by atoms with E-state index in [4.69, 9.17) is 33.7 Å². The zero-order valence-electron chi connectivity index (χ0n) is 9.20. The van der Waals surface area contributed by atoms with Crippen LogP contribution < -0.4 is 10.5 Å². The van der Waals surface area contributed by atoms with Crippen LogP contribution in [-0.4, -0.2) is 6.54 Å². The summed E-state index contributed by atoms with van der Waals surface area (Å²) < 4.78 is 6.84. The molecule has 1 unspecified atom stereocenters. The monoisotopic (exact) mass is 365 g/mol. The summed E-state index contributed by atoms with van der Waals surface area (Å²) in [6, 6.07) is 7.10. The van der Waals surface area contributed by atoms with E-state index in [0.717, 1.165) is 9.35 Å². The Balaban J connectivity index is 2.22. The Kier molecular flexibility index (Phi) is 4.92. The van der Waals surface area contributed by atoms with Crippen molar-refractivity contribution in [3.8, 4) is 5.75 Å². The van der Waals surface area contributed by atoms with E-state index >= 15 is 0 Å². The lowest BCUT2D eigenvalue weighted by Gasteiger charge is -2.17. The van der Waals surface area contributed by atoms with E-state index in [9.17, 15) is 0 Å². The molecular weight excluding hydrogens is 357 g/mol. The number of rotatable bonds is 4. The van der Waals surface area contributed by atoms with Crippen LogP contribution in [0.25, 0.3) is 0 Å². The fraction of sp³-hybridized carbons (Fsp3) is 0.167. The maximum Gasteiger partial charge on any atom is 0.145 e. The molecule has 6 heteroatoms. The zero-order chi connectivity index (χ0) is 13.1. The minimum absolute atomic E-state index is 0.225. The Morgan fingerprint density at radius 1 is 1.33 bits per heavy atom. The van der Waals surface area contributed by atoms with Gasteiger partial charge in [-0.3, -0.25) is 0 Å². The summed E-state index contributed by atoms with van der Waals surface area (Å²) in [5, 5.41) is 3.09. The second kappa shape index (κ2) is 6.26. The lowest BCUT2D eigenvalue weighted by atomic mass is 10.3. The van der Waals surface area contributed by atoms with Gasteiger partial charge in [-0.05, 0) is 34.1 Å². The fourth-order valence-electron chi connectivity index (χ4n) is 1.44. The summed E-state index contributed by atoms with van der Waals surface area (Å²) in [5.41, 5.74) is 5.74. The van der Waals surface area contributed by atoms with Gasteiger partial charge in [-0.25, -0.2) is 0 Å². The number of hydrogen-bond acceptors (Lipinski definition) is 3. The molecule has 2 rings (SSSR count). The summed E-state index contributed by atoms with van der Waals surface area (Å²) in [7, 11) is 0. The lowest BCUT2D eigenvalue weighted by Crippen LogP contribution is -2.17. The van der Waals surface area contributed by atoms with Gasteiger partial charge in [-0.1, -0.05) is 23.2 Å². The van der Waals surface area contributed by atoms with Crippen LogP contribution in [0.3, 0.4) is 0 Å². The van der Waals surface area contributed by atoms with Gasteiger partial charge in [0, 0.05) is 32.4 Å². The first kappa shape index (κ1) is 14.2. The zero-order valence-corrected chi connectivity index (χ0v) is 13.1. The van der Waals surface area contributed by atoms with Crippen LogP contribution >= 0.6 is 50.5 Å². The molecule has 2 aromatic rings. The first-order valence-corrected chi connectivity index (χ1v) is 7.58. The molecule has 0 radical (unpaired) electrons. The predicted octanol–water partition coefficient (Wildman–Crippen LogP) is 4.90. The summed E-state index contributed by atoms with van der Waals surface area (Å²) in [5.74, 6) is 0.545. The fourth-order valence-corrected chi connectivity index (χ4v) is 3.25. The molecule has 2 N–H and O–H groups in total. The molecule has 0 aliphatic carbocycles. The Hall–Kier alpha value is -0.260. The number of thiophene rings is 1. The van der Waals surface area contributed by atoms with Gasteiger partial charge in [-0.15, -0.1) is 11.3 Å². The van der Waals surface area contributed by atoms with Gasteiger partial charge in [0.25, 0.3) is 0 Å². The molecule has 1 aromatic heterocycles. The Labute approximate surface area is 128 Å². The molecule has 96 valence electrons. The SMILES string of the molecule is NCC(Oc1cc(Cl)ccc1Cl)c1cc(Br)cs1. The van der Waals surface area contributed by atoms with Gasteiger partial charge < -0.3 is 10.5 Å². The van der Waals surface area contributed by atoms with Crippen LogP contribution in [-0.2, 0) is 0 Å². The van der Waals surface area contributed by atoms with Crippen molar-refractivity contribution in [2.75, 3.05) is 6.54 Å². The van der Waals surface area contributed by atoms with Gasteiger partial charge in [0.05, 0.1) is 5.02 Å². The predicted molar refractivity (Wildman–Crippen MR) is 80.9 cm³/mol. The standard InChI is InChI=1S/C12H10BrCl2NOS/c13-7-3-12(18-6-7)11(5-16)17-10-4-8(14)1-2-9(10)15/h1-4,6,11H,5,16H2. The third kappa shape index (κ3) is 3.39. The molecule has 1 heterocycles. The van der Waals surface area contributed by atoms with Crippen molar-refractivity contribution in [2.24, 2.45) is 5.73 Å². The van der Waals surface area contributed by atoms with Crippen LogP contribution in [0, 0.1) is 0 Å². The molecule has 0 saturated carbocycles. The molecule has 0 aliphatic rings. The molecule has 0 amide bonds. The smallest absolute Gasteiger partial charge is 0.145 e. The minimum Gasteiger partial charge on any atom is -0.482 e. The van der Waals surface area contributed by atoms with Crippen LogP contribution in [0.2, 0.25) is 10.0 Å². The van der Waals surface area contributed by atoms with Crippen molar-refractivity contribution in [1.29, 1.82) is 0 Å². The second-order valence-electron chi connectivity index (χ2n) is 3.58. The quantitative estimate of drug-likeness (QED) is 0.835. The van der Waals surface area contributed by atoms with Crippen LogP contribution in [0.5, 0.6) is 5.75 Å². The average molecular weight is 367 g/mol. The highest BCUT2D eigenvalue weighted by molar-refractivity contribution is 9.10. The second-order valence-corrected chi connectivity index (χ2v) is 6.29. The summed E-state index contributed by atoms with van der Waals surface area (Å²) in [6.07, 6.45) is -0.225. The van der Waals surface area contributed by atoms with E-state index < -0.39 is 0 Å². The number of nitrogens with two attached hydrogens (primary N) is 1. The van der Waals surface area contributed by atoms with E-state index in [1.165, 1.54) is 0 Å². The highest BCUT2D eigenvalue weighted by atomic mass is 79.9. The highest BCUT2D eigenvalue weighted by Crippen LogP contribution is 2.33. The molecule has 0 bridgehead atoms. The number of benzene rings is 1. The maximum absolute atomic E-state index is 6.06. The van der Waals surface area contributed by atoms with Gasteiger partial charge in [-0.2, -0.15) is 0 Å². The topological polar surface area (TPSA) is 35.2 Å². The minimum atomic E-state index is -0.225.